The lowest BCUT2D eigenvalue weighted by molar-refractivity contribution is 0.100. The minimum atomic E-state index is -0.265. The number of aromatic nitrogens is 4. The van der Waals surface area contributed by atoms with Crippen LogP contribution >= 0.6 is 0 Å². The molecule has 9 nitrogen and oxygen atoms in total. The van der Waals surface area contributed by atoms with Gasteiger partial charge in [-0.1, -0.05) is 13.8 Å². The van der Waals surface area contributed by atoms with Gasteiger partial charge < -0.3 is 19.8 Å². The summed E-state index contributed by atoms with van der Waals surface area (Å²) in [4.78, 5) is 18.9. The number of hydrogen-bond acceptors (Lipinski definition) is 8. The molecule has 1 aliphatic rings. The zero-order chi connectivity index (χ0) is 22.1. The summed E-state index contributed by atoms with van der Waals surface area (Å²) < 4.78 is 6.97. The molecule has 1 aliphatic heterocycles. The van der Waals surface area contributed by atoms with Gasteiger partial charge in [-0.2, -0.15) is 0 Å². The molecule has 0 spiro atoms. The normalized spacial score (nSPS) is 14.3. The number of aromatic hydroxyl groups is 2. The third-order valence-corrected chi connectivity index (χ3v) is 5.31. The largest absolute Gasteiger partial charge is 0.508 e. The van der Waals surface area contributed by atoms with E-state index in [9.17, 15) is 15.0 Å². The van der Waals surface area contributed by atoms with Gasteiger partial charge in [-0.05, 0) is 29.7 Å². The van der Waals surface area contributed by atoms with Crippen molar-refractivity contribution in [2.24, 2.45) is 0 Å². The molecule has 0 bridgehead atoms. The summed E-state index contributed by atoms with van der Waals surface area (Å²) in [5, 5.41) is 28.9. The number of hydrogen-bond donors (Lipinski definition) is 2. The van der Waals surface area contributed by atoms with E-state index >= 15 is 0 Å². The summed E-state index contributed by atoms with van der Waals surface area (Å²) in [6.07, 6.45) is 1.66. The number of carbonyl (C=O) groups is 1. The maximum atomic E-state index is 12.2. The van der Waals surface area contributed by atoms with E-state index in [0.29, 0.717) is 35.9 Å². The van der Waals surface area contributed by atoms with E-state index in [2.05, 4.69) is 20.1 Å². The van der Waals surface area contributed by atoms with Gasteiger partial charge in [-0.25, -0.2) is 4.98 Å². The summed E-state index contributed by atoms with van der Waals surface area (Å²) >= 11 is 0. The highest BCUT2D eigenvalue weighted by atomic mass is 16.5. The molecule has 0 saturated carbocycles. The van der Waals surface area contributed by atoms with Gasteiger partial charge in [-0.3, -0.25) is 9.36 Å². The van der Waals surface area contributed by atoms with Crippen LogP contribution in [0.25, 0.3) is 17.1 Å². The molecule has 3 aromatic rings. The number of pyridine rings is 1. The van der Waals surface area contributed by atoms with Crippen molar-refractivity contribution in [2.45, 2.75) is 26.7 Å². The van der Waals surface area contributed by atoms with Crippen LogP contribution < -0.4 is 4.90 Å². The van der Waals surface area contributed by atoms with Crippen LogP contribution in [0.15, 0.2) is 30.5 Å². The van der Waals surface area contributed by atoms with Crippen LogP contribution in [0.2, 0.25) is 0 Å². The summed E-state index contributed by atoms with van der Waals surface area (Å²) in [6, 6.07) is 6.69. The first-order valence-electron chi connectivity index (χ1n) is 10.2. The second-order valence-electron chi connectivity index (χ2n) is 7.80. The van der Waals surface area contributed by atoms with Gasteiger partial charge in [0.15, 0.2) is 11.6 Å². The maximum Gasteiger partial charge on any atom is 0.204 e. The first kappa shape index (κ1) is 20.8. The van der Waals surface area contributed by atoms with Crippen molar-refractivity contribution >= 4 is 11.6 Å². The fraction of sp³-hybridized carbons (Fsp3) is 0.364. The molecular weight excluding hydrogens is 398 g/mol. The minimum absolute atomic E-state index is 0.00522. The van der Waals surface area contributed by atoms with Crippen LogP contribution in [0, 0.1) is 0 Å². The molecule has 1 aromatic carbocycles. The first-order valence-corrected chi connectivity index (χ1v) is 10.2. The molecule has 0 aliphatic carbocycles. The van der Waals surface area contributed by atoms with E-state index in [1.54, 1.807) is 16.8 Å². The molecule has 9 heteroatoms. The van der Waals surface area contributed by atoms with Gasteiger partial charge in [0, 0.05) is 26.1 Å². The standard InChI is InChI=1S/C22H25N5O4/c1-13(2)16-10-17(19(30)11-18(16)29)22-25-24-21(14(3)28)27(22)15-4-5-20(23-12-15)26-6-8-31-9-7-26/h4-5,10-13,29-30H,6-9H2,1-3H3. The Morgan fingerprint density at radius 1 is 1.10 bits per heavy atom. The molecule has 162 valence electrons. The topological polar surface area (TPSA) is 114 Å². The van der Waals surface area contributed by atoms with Crippen molar-refractivity contribution in [2.75, 3.05) is 31.2 Å². The molecular formula is C22H25N5O4. The number of carbonyl (C=O) groups excluding carboxylic acids is 1. The van der Waals surface area contributed by atoms with Crippen molar-refractivity contribution in [1.82, 2.24) is 19.7 Å². The molecule has 31 heavy (non-hydrogen) atoms. The smallest absolute Gasteiger partial charge is 0.204 e. The average molecular weight is 423 g/mol. The summed E-state index contributed by atoms with van der Waals surface area (Å²) in [7, 11) is 0. The van der Waals surface area contributed by atoms with Crippen molar-refractivity contribution in [3.8, 4) is 28.6 Å². The van der Waals surface area contributed by atoms with Gasteiger partial charge in [0.05, 0.1) is 30.7 Å². The Kier molecular flexibility index (Phi) is 5.60. The number of ketones is 1. The molecule has 0 amide bonds. The number of Topliss-reactive ketones (excluding diaryl/α,β-unsaturated/α-hetero) is 1. The van der Waals surface area contributed by atoms with Gasteiger partial charge in [0.25, 0.3) is 0 Å². The monoisotopic (exact) mass is 423 g/mol. The van der Waals surface area contributed by atoms with Crippen LogP contribution in [-0.2, 0) is 4.74 Å². The van der Waals surface area contributed by atoms with Crippen LogP contribution in [0.3, 0.4) is 0 Å². The molecule has 0 atom stereocenters. The van der Waals surface area contributed by atoms with Gasteiger partial charge in [0.1, 0.15) is 17.3 Å². The predicted molar refractivity (Wildman–Crippen MR) is 115 cm³/mol. The van der Waals surface area contributed by atoms with Crippen LogP contribution in [0.5, 0.6) is 11.5 Å². The van der Waals surface area contributed by atoms with Crippen molar-refractivity contribution in [3.05, 3.63) is 41.9 Å². The number of ether oxygens (including phenoxy) is 1. The number of morpholine rings is 1. The number of anilines is 1. The highest BCUT2D eigenvalue weighted by molar-refractivity contribution is 5.92. The van der Waals surface area contributed by atoms with Crippen molar-refractivity contribution in [3.63, 3.8) is 0 Å². The Bertz CT molecular complexity index is 1100. The SMILES string of the molecule is CC(=O)c1nnc(-c2cc(C(C)C)c(O)cc2O)n1-c1ccc(N2CCOCC2)nc1. The molecule has 2 N–H and O–H groups in total. The fourth-order valence-corrected chi connectivity index (χ4v) is 3.66. The molecule has 3 heterocycles. The number of benzene rings is 1. The van der Waals surface area contributed by atoms with E-state index in [0.717, 1.165) is 18.9 Å². The summed E-state index contributed by atoms with van der Waals surface area (Å²) in [5.74, 6) is 0.866. The number of phenolic OH excluding ortho intramolecular Hbond substituents is 2. The van der Waals surface area contributed by atoms with Gasteiger partial charge >= 0.3 is 0 Å². The molecule has 0 unspecified atom stereocenters. The fourth-order valence-electron chi connectivity index (χ4n) is 3.66. The quantitative estimate of drug-likeness (QED) is 0.602. The predicted octanol–water partition coefficient (Wildman–Crippen LogP) is 2.90. The Hall–Kier alpha value is -3.46. The average Bonchev–Trinajstić information content (AvgIpc) is 3.19. The third kappa shape index (κ3) is 3.96. The van der Waals surface area contributed by atoms with Crippen LogP contribution in [-0.4, -0.2) is 62.0 Å². The highest BCUT2D eigenvalue weighted by Gasteiger charge is 2.23. The first-order chi connectivity index (χ1) is 14.9. The lowest BCUT2D eigenvalue weighted by Gasteiger charge is -2.27. The molecule has 4 rings (SSSR count). The zero-order valence-electron chi connectivity index (χ0n) is 17.7. The van der Waals surface area contributed by atoms with E-state index < -0.39 is 0 Å². The lowest BCUT2D eigenvalue weighted by atomic mass is 9.98. The van der Waals surface area contributed by atoms with Crippen molar-refractivity contribution < 1.29 is 19.7 Å². The lowest BCUT2D eigenvalue weighted by Crippen LogP contribution is -2.36. The second-order valence-corrected chi connectivity index (χ2v) is 7.80. The van der Waals surface area contributed by atoms with E-state index in [1.165, 1.54) is 13.0 Å². The minimum Gasteiger partial charge on any atom is -0.508 e. The van der Waals surface area contributed by atoms with E-state index in [-0.39, 0.29) is 29.0 Å². The zero-order valence-corrected chi connectivity index (χ0v) is 17.7. The Labute approximate surface area is 179 Å². The Balaban J connectivity index is 1.81. The van der Waals surface area contributed by atoms with E-state index in [4.69, 9.17) is 4.74 Å². The van der Waals surface area contributed by atoms with Gasteiger partial charge in [-0.15, -0.1) is 10.2 Å². The molecule has 1 saturated heterocycles. The summed E-state index contributed by atoms with van der Waals surface area (Å²) in [5.41, 5.74) is 1.63. The Morgan fingerprint density at radius 2 is 1.84 bits per heavy atom. The highest BCUT2D eigenvalue weighted by Crippen LogP contribution is 2.38. The van der Waals surface area contributed by atoms with E-state index in [1.807, 2.05) is 26.0 Å². The van der Waals surface area contributed by atoms with Gasteiger partial charge in [0.2, 0.25) is 5.82 Å². The van der Waals surface area contributed by atoms with Crippen molar-refractivity contribution in [1.29, 1.82) is 0 Å². The maximum absolute atomic E-state index is 12.2. The molecule has 2 aromatic heterocycles. The Morgan fingerprint density at radius 3 is 2.45 bits per heavy atom. The number of phenols is 2. The van der Waals surface area contributed by atoms with Crippen LogP contribution in [0.1, 0.15) is 42.9 Å². The third-order valence-electron chi connectivity index (χ3n) is 5.31. The molecule has 1 fully saturated rings. The van der Waals surface area contributed by atoms with Crippen LogP contribution in [0.4, 0.5) is 5.82 Å². The number of rotatable bonds is 5. The second kappa shape index (κ2) is 8.35. The molecule has 0 radical (unpaired) electrons. The summed E-state index contributed by atoms with van der Waals surface area (Å²) in [6.45, 7) is 8.14. The number of nitrogens with zero attached hydrogens (tertiary/aromatic N) is 5.